The third kappa shape index (κ3) is 23.2. The molecule has 1 heterocycles. The first kappa shape index (κ1) is 66.9. The van der Waals surface area contributed by atoms with Crippen LogP contribution in [0.25, 0.3) is 0 Å². The van der Waals surface area contributed by atoms with Crippen molar-refractivity contribution in [2.75, 3.05) is 13.1 Å². The minimum atomic E-state index is -1.50. The highest BCUT2D eigenvalue weighted by atomic mass is 16.4. The first-order valence-corrected chi connectivity index (χ1v) is 26.6. The summed E-state index contributed by atoms with van der Waals surface area (Å²) in [5.74, 6) is -11.8. The van der Waals surface area contributed by atoms with Gasteiger partial charge in [-0.05, 0) is 73.7 Å². The third-order valence-corrected chi connectivity index (χ3v) is 12.7. The fourth-order valence-electron chi connectivity index (χ4n) is 8.68. The molecule has 0 radical (unpaired) electrons. The Morgan fingerprint density at radius 3 is 1.56 bits per heavy atom. The molecule has 1 fully saturated rings. The van der Waals surface area contributed by atoms with E-state index in [4.69, 9.17) is 11.5 Å². The van der Waals surface area contributed by atoms with Crippen LogP contribution in [0.4, 0.5) is 0 Å². The van der Waals surface area contributed by atoms with Gasteiger partial charge in [-0.3, -0.25) is 52.7 Å². The monoisotopic (exact) mass is 1100 g/mol. The van der Waals surface area contributed by atoms with E-state index < -0.39 is 150 Å². The maximum absolute atomic E-state index is 14.2. The quantitative estimate of drug-likeness (QED) is 0.0416. The predicted octanol–water partition coefficient (Wildman–Crippen LogP) is -0.668. The van der Waals surface area contributed by atoms with E-state index in [2.05, 4.69) is 42.5 Å². The van der Waals surface area contributed by atoms with E-state index in [1.807, 2.05) is 13.8 Å². The largest absolute Gasteiger partial charge is 0.481 e. The van der Waals surface area contributed by atoms with Gasteiger partial charge in [-0.2, -0.15) is 0 Å². The average molecular weight is 1100 g/mol. The van der Waals surface area contributed by atoms with Crippen LogP contribution in [0.5, 0.6) is 0 Å². The molecule has 1 aromatic carbocycles. The molecule has 25 nitrogen and oxygen atoms in total. The second-order valence-electron chi connectivity index (χ2n) is 21.9. The molecule has 25 heteroatoms. The smallest absolute Gasteiger partial charge is 0.326 e. The van der Waals surface area contributed by atoms with Gasteiger partial charge in [-0.25, -0.2) is 4.79 Å². The van der Waals surface area contributed by atoms with Gasteiger partial charge >= 0.3 is 11.9 Å². The van der Waals surface area contributed by atoms with Gasteiger partial charge in [0, 0.05) is 19.4 Å². The van der Waals surface area contributed by atoms with Gasteiger partial charge in [-0.1, -0.05) is 99.6 Å². The molecule has 14 N–H and O–H groups in total. The van der Waals surface area contributed by atoms with Crippen LogP contribution in [0.3, 0.4) is 0 Å². The third-order valence-electron chi connectivity index (χ3n) is 12.7. The van der Waals surface area contributed by atoms with Gasteiger partial charge < -0.3 is 69.1 Å². The number of benzene rings is 1. The molecule has 436 valence electrons. The Balaban J connectivity index is 2.31. The Kier molecular flexibility index (Phi) is 27.9. The van der Waals surface area contributed by atoms with E-state index in [-0.39, 0.29) is 69.2 Å². The zero-order chi connectivity index (χ0) is 59.1. The summed E-state index contributed by atoms with van der Waals surface area (Å²) in [5, 5.41) is 39.6. The number of likely N-dealkylation sites (tertiary alicyclic amines) is 1. The van der Waals surface area contributed by atoms with Crippen LogP contribution in [-0.4, -0.2) is 154 Å². The summed E-state index contributed by atoms with van der Waals surface area (Å²) in [6.45, 7) is 16.8. The van der Waals surface area contributed by atoms with Crippen molar-refractivity contribution in [3.8, 4) is 0 Å². The molecule has 1 aliphatic heterocycles. The van der Waals surface area contributed by atoms with E-state index in [1.54, 1.807) is 85.7 Å². The second kappa shape index (κ2) is 32.5. The number of amides is 10. The van der Waals surface area contributed by atoms with Crippen LogP contribution in [0, 0.1) is 29.6 Å². The van der Waals surface area contributed by atoms with Crippen molar-refractivity contribution < 1.29 is 67.7 Å². The fraction of sp³-hybridized carbons (Fsp3) is 0.660. The number of hydrogen-bond donors (Lipinski definition) is 12. The molecule has 1 saturated heterocycles. The normalized spacial score (nSPS) is 16.4. The fourth-order valence-corrected chi connectivity index (χ4v) is 8.68. The molecule has 1 aliphatic rings. The Bertz CT molecular complexity index is 2260. The Morgan fingerprint density at radius 2 is 1.06 bits per heavy atom. The van der Waals surface area contributed by atoms with Gasteiger partial charge in [0.25, 0.3) is 0 Å². The molecule has 9 atom stereocenters. The number of aliphatic carboxylic acids is 2. The minimum Gasteiger partial charge on any atom is -0.481 e. The zero-order valence-electron chi connectivity index (χ0n) is 46.6. The maximum Gasteiger partial charge on any atom is 0.326 e. The van der Waals surface area contributed by atoms with E-state index in [0.29, 0.717) is 12.0 Å². The minimum absolute atomic E-state index is 0.0317. The van der Waals surface area contributed by atoms with Crippen molar-refractivity contribution >= 4 is 71.0 Å². The van der Waals surface area contributed by atoms with Crippen molar-refractivity contribution in [1.82, 2.24) is 47.4 Å². The number of nitrogens with one attached hydrogen (secondary N) is 8. The molecule has 0 aliphatic carbocycles. The number of nitrogens with zero attached hydrogens (tertiary/aromatic N) is 1. The summed E-state index contributed by atoms with van der Waals surface area (Å²) in [4.78, 5) is 160. The van der Waals surface area contributed by atoms with Gasteiger partial charge in [0.1, 0.15) is 48.3 Å². The first-order valence-electron chi connectivity index (χ1n) is 26.6. The standard InChI is InChI=1S/C53H85N11O14/c1-27(2)21-35(45(69)56-26-41(66)57-36(22-28(3)4)47(71)60-37(23-29(5)6)49(73)62-43(30(7)8)51(75)63-44(31(9)10)53(77)78)59-46(70)34(18-19-40(55)65)58-48(72)38(24-32-15-12-11-13-16-32)61-50(74)39-17-14-20-64(39)52(76)33(54)25-42(67)68/h11-13,15-16,27-31,33-39,43-44H,14,17-26,54H2,1-10H3,(H2,55,65)(H,56,69)(H,57,66)(H,58,72)(H,59,70)(H,60,71)(H,61,74)(H,62,73)(H,63,75)(H,67,68)(H,77,78)/t33-,34-,35-,36-,37-,38-,39-,43-,44-/m0/s1. The van der Waals surface area contributed by atoms with Gasteiger partial charge in [0.05, 0.1) is 19.0 Å². The topological polar surface area (TPSA) is 397 Å². The number of carboxylic acid groups (broad SMARTS) is 2. The number of carbonyl (C=O) groups is 12. The highest BCUT2D eigenvalue weighted by Gasteiger charge is 2.40. The van der Waals surface area contributed by atoms with Gasteiger partial charge in [0.2, 0.25) is 59.1 Å². The van der Waals surface area contributed by atoms with Crippen LogP contribution >= 0.6 is 0 Å². The highest BCUT2D eigenvalue weighted by Crippen LogP contribution is 2.20. The first-order chi connectivity index (χ1) is 36.4. The molecule has 10 amide bonds. The van der Waals surface area contributed by atoms with Crippen molar-refractivity contribution in [1.29, 1.82) is 0 Å². The van der Waals surface area contributed by atoms with E-state index >= 15 is 0 Å². The number of carboxylic acids is 2. The lowest BCUT2D eigenvalue weighted by atomic mass is 9.97. The maximum atomic E-state index is 14.2. The molecule has 0 spiro atoms. The molecular formula is C53H85N11O14. The number of hydrogen-bond acceptors (Lipinski definition) is 13. The lowest BCUT2D eigenvalue weighted by Gasteiger charge is -2.29. The van der Waals surface area contributed by atoms with Crippen LogP contribution < -0.4 is 54.0 Å². The SMILES string of the molecule is CC(C)C[C@H](NC(=O)CNC(=O)[C@H](CC(C)C)NC(=O)[C@H](CCC(N)=O)NC(=O)[C@H](Cc1ccccc1)NC(=O)[C@@H]1CCCN1C(=O)[C@@H](N)CC(=O)O)C(=O)N[C@@H](CC(C)C)C(=O)N[C@H](C(=O)N[C@H](C(=O)O)C(C)C)C(C)C. The van der Waals surface area contributed by atoms with E-state index in [9.17, 15) is 67.7 Å². The van der Waals surface area contributed by atoms with Crippen LogP contribution in [0.1, 0.15) is 126 Å². The lowest BCUT2D eigenvalue weighted by molar-refractivity contribution is -0.144. The highest BCUT2D eigenvalue weighted by molar-refractivity contribution is 5.98. The lowest BCUT2D eigenvalue weighted by Crippen LogP contribution is -2.60. The van der Waals surface area contributed by atoms with E-state index in [0.717, 1.165) is 0 Å². The summed E-state index contributed by atoms with van der Waals surface area (Å²) < 4.78 is 0. The number of rotatable bonds is 33. The Labute approximate surface area is 456 Å². The molecule has 2 rings (SSSR count). The predicted molar refractivity (Wildman–Crippen MR) is 286 cm³/mol. The van der Waals surface area contributed by atoms with Crippen molar-refractivity contribution in [2.24, 2.45) is 41.1 Å². The Hall–Kier alpha value is -7.18. The average Bonchev–Trinajstić information content (AvgIpc) is 3.84. The van der Waals surface area contributed by atoms with Crippen LogP contribution in [0.15, 0.2) is 30.3 Å². The molecule has 0 saturated carbocycles. The van der Waals surface area contributed by atoms with Crippen molar-refractivity contribution in [3.63, 3.8) is 0 Å². The van der Waals surface area contributed by atoms with Crippen LogP contribution in [0.2, 0.25) is 0 Å². The summed E-state index contributed by atoms with van der Waals surface area (Å²) >= 11 is 0. The van der Waals surface area contributed by atoms with Crippen molar-refractivity contribution in [2.45, 2.75) is 181 Å². The molecule has 0 aromatic heterocycles. The molecule has 1 aromatic rings. The molecule has 78 heavy (non-hydrogen) atoms. The number of nitrogens with two attached hydrogens (primary N) is 2. The summed E-state index contributed by atoms with van der Waals surface area (Å²) in [7, 11) is 0. The van der Waals surface area contributed by atoms with Crippen molar-refractivity contribution in [3.05, 3.63) is 35.9 Å². The van der Waals surface area contributed by atoms with E-state index in [1.165, 1.54) is 4.90 Å². The number of primary amides is 1. The second-order valence-corrected chi connectivity index (χ2v) is 21.9. The molecule has 0 unspecified atom stereocenters. The molecule has 0 bridgehead atoms. The van der Waals surface area contributed by atoms with Gasteiger partial charge in [-0.15, -0.1) is 0 Å². The summed E-state index contributed by atoms with van der Waals surface area (Å²) in [6.07, 6.45) is -0.627. The summed E-state index contributed by atoms with van der Waals surface area (Å²) in [5.41, 5.74) is 11.9. The van der Waals surface area contributed by atoms with Crippen LogP contribution in [-0.2, 0) is 64.0 Å². The number of carbonyl (C=O) groups excluding carboxylic acids is 10. The molecular weight excluding hydrogens is 1010 g/mol. The Morgan fingerprint density at radius 1 is 0.590 bits per heavy atom. The van der Waals surface area contributed by atoms with Gasteiger partial charge in [0.15, 0.2) is 0 Å². The summed E-state index contributed by atoms with van der Waals surface area (Å²) in [6, 6.07) is -2.88. The zero-order valence-corrected chi connectivity index (χ0v) is 46.6.